The van der Waals surface area contributed by atoms with Crippen LogP contribution >= 0.6 is 11.8 Å². The molecule has 0 radical (unpaired) electrons. The van der Waals surface area contributed by atoms with Gasteiger partial charge in [0.25, 0.3) is 0 Å². The van der Waals surface area contributed by atoms with Crippen molar-refractivity contribution in [3.63, 3.8) is 0 Å². The fraction of sp³-hybridized carbons (Fsp3) is 0.0556. The van der Waals surface area contributed by atoms with Gasteiger partial charge in [-0.3, -0.25) is 9.59 Å². The first-order valence-corrected chi connectivity index (χ1v) is 8.73. The topological polar surface area (TPSA) is 95.5 Å². The predicted octanol–water partition coefficient (Wildman–Crippen LogP) is 3.55. The molecule has 3 N–H and O–H groups in total. The third kappa shape index (κ3) is 6.35. The number of thioether (sulfide) groups is 1. The molecule has 0 atom stereocenters. The van der Waals surface area contributed by atoms with Gasteiger partial charge in [0.2, 0.25) is 11.8 Å². The molecular weight excluding hydrogens is 416 g/mol. The van der Waals surface area contributed by atoms with Crippen LogP contribution in [0, 0.1) is 23.3 Å². The van der Waals surface area contributed by atoms with Crippen molar-refractivity contribution in [3.05, 3.63) is 65.8 Å². The van der Waals surface area contributed by atoms with E-state index < -0.39 is 46.7 Å². The summed E-state index contributed by atoms with van der Waals surface area (Å²) in [5, 5.41) is 12.7. The molecule has 0 aromatic heterocycles. The van der Waals surface area contributed by atoms with Crippen LogP contribution in [0.15, 0.2) is 47.4 Å². The number of carboxylic acid groups (broad SMARTS) is 1. The molecule has 29 heavy (non-hydrogen) atoms. The monoisotopic (exact) mass is 428 g/mol. The molecule has 2 aromatic rings. The third-order valence-corrected chi connectivity index (χ3v) is 4.22. The minimum atomic E-state index is -1.72. The van der Waals surface area contributed by atoms with Gasteiger partial charge < -0.3 is 15.7 Å². The van der Waals surface area contributed by atoms with E-state index in [9.17, 15) is 31.9 Å². The normalized spacial score (nSPS) is 10.8. The highest BCUT2D eigenvalue weighted by Gasteiger charge is 2.20. The third-order valence-electron chi connectivity index (χ3n) is 3.23. The molecule has 0 saturated carbocycles. The molecule has 0 bridgehead atoms. The Balaban J connectivity index is 1.99. The van der Waals surface area contributed by atoms with Crippen LogP contribution < -0.4 is 10.6 Å². The maximum absolute atomic E-state index is 13.6. The molecule has 0 saturated heterocycles. The standard InChI is InChI=1S/C18H12F4N2O4S/c19-11-7-12(20)17(22)18(16(11)21)24-14(26)8-29-10-3-1-2-9(6-10)23-13(25)4-5-15(27)28/h1-7H,8H2,(H,23,25)(H,24,26)(H,27,28)/b5-4+. The highest BCUT2D eigenvalue weighted by atomic mass is 32.2. The summed E-state index contributed by atoms with van der Waals surface area (Å²) in [6, 6.07) is 6.12. The number of aliphatic carboxylic acids is 1. The van der Waals surface area contributed by atoms with E-state index in [1.807, 2.05) is 0 Å². The highest BCUT2D eigenvalue weighted by molar-refractivity contribution is 8.00. The second-order valence-electron chi connectivity index (χ2n) is 5.37. The van der Waals surface area contributed by atoms with Gasteiger partial charge in [-0.15, -0.1) is 11.8 Å². The number of rotatable bonds is 7. The number of carboxylic acids is 1. The number of hydrogen-bond donors (Lipinski definition) is 3. The Morgan fingerprint density at radius 1 is 0.966 bits per heavy atom. The van der Waals surface area contributed by atoms with Crippen molar-refractivity contribution >= 4 is 40.9 Å². The zero-order valence-electron chi connectivity index (χ0n) is 14.3. The summed E-state index contributed by atoms with van der Waals surface area (Å²) in [7, 11) is 0. The van der Waals surface area contributed by atoms with Crippen LogP contribution in [0.3, 0.4) is 0 Å². The smallest absolute Gasteiger partial charge is 0.328 e. The first kappa shape index (κ1) is 22.0. The second kappa shape index (κ2) is 9.73. The van der Waals surface area contributed by atoms with Crippen molar-refractivity contribution in [1.82, 2.24) is 0 Å². The van der Waals surface area contributed by atoms with Crippen molar-refractivity contribution in [1.29, 1.82) is 0 Å². The van der Waals surface area contributed by atoms with Crippen LogP contribution in [0.5, 0.6) is 0 Å². The van der Waals surface area contributed by atoms with Crippen molar-refractivity contribution in [2.75, 3.05) is 16.4 Å². The van der Waals surface area contributed by atoms with E-state index in [0.29, 0.717) is 16.7 Å². The average Bonchev–Trinajstić information content (AvgIpc) is 2.67. The van der Waals surface area contributed by atoms with Crippen LogP contribution in [-0.4, -0.2) is 28.6 Å². The average molecular weight is 428 g/mol. The van der Waals surface area contributed by atoms with Gasteiger partial charge in [0, 0.05) is 28.8 Å². The molecule has 2 amide bonds. The van der Waals surface area contributed by atoms with E-state index in [4.69, 9.17) is 5.11 Å². The maximum Gasteiger partial charge on any atom is 0.328 e. The van der Waals surface area contributed by atoms with E-state index in [1.54, 1.807) is 11.4 Å². The first-order chi connectivity index (χ1) is 13.7. The molecule has 0 heterocycles. The summed E-state index contributed by atoms with van der Waals surface area (Å²) in [4.78, 5) is 34.3. The maximum atomic E-state index is 13.6. The summed E-state index contributed by atoms with van der Waals surface area (Å²) < 4.78 is 53.5. The van der Waals surface area contributed by atoms with E-state index in [1.165, 1.54) is 18.2 Å². The lowest BCUT2D eigenvalue weighted by atomic mass is 10.2. The summed E-state index contributed by atoms with van der Waals surface area (Å²) >= 11 is 0.920. The zero-order chi connectivity index (χ0) is 21.6. The number of carbonyl (C=O) groups excluding carboxylic acids is 2. The number of nitrogens with one attached hydrogen (secondary N) is 2. The van der Waals surface area contributed by atoms with Crippen LogP contribution in [0.1, 0.15) is 0 Å². The predicted molar refractivity (Wildman–Crippen MR) is 97.5 cm³/mol. The Morgan fingerprint density at radius 3 is 2.24 bits per heavy atom. The van der Waals surface area contributed by atoms with Crippen molar-refractivity contribution in [3.8, 4) is 0 Å². The lowest BCUT2D eigenvalue weighted by Crippen LogP contribution is -2.17. The molecule has 0 unspecified atom stereocenters. The van der Waals surface area contributed by atoms with Crippen molar-refractivity contribution in [2.24, 2.45) is 0 Å². The number of anilines is 2. The van der Waals surface area contributed by atoms with E-state index in [-0.39, 0.29) is 11.8 Å². The quantitative estimate of drug-likeness (QED) is 0.271. The van der Waals surface area contributed by atoms with Gasteiger partial charge >= 0.3 is 5.97 Å². The molecule has 0 aliphatic rings. The first-order valence-electron chi connectivity index (χ1n) is 7.75. The lowest BCUT2D eigenvalue weighted by molar-refractivity contribution is -0.131. The van der Waals surface area contributed by atoms with E-state index >= 15 is 0 Å². The fourth-order valence-electron chi connectivity index (χ4n) is 2.00. The van der Waals surface area contributed by atoms with E-state index in [0.717, 1.165) is 17.8 Å². The Morgan fingerprint density at radius 2 is 1.62 bits per heavy atom. The van der Waals surface area contributed by atoms with Crippen LogP contribution in [-0.2, 0) is 14.4 Å². The number of carbonyl (C=O) groups is 3. The molecular formula is C18H12F4N2O4S. The van der Waals surface area contributed by atoms with Crippen molar-refractivity contribution < 1.29 is 37.1 Å². The van der Waals surface area contributed by atoms with Gasteiger partial charge in [-0.05, 0) is 18.2 Å². The fourth-order valence-corrected chi connectivity index (χ4v) is 2.76. The molecule has 0 spiro atoms. The lowest BCUT2D eigenvalue weighted by Gasteiger charge is -2.09. The Kier molecular flexibility index (Phi) is 7.37. The van der Waals surface area contributed by atoms with Crippen LogP contribution in [0.4, 0.5) is 28.9 Å². The van der Waals surface area contributed by atoms with Crippen molar-refractivity contribution in [2.45, 2.75) is 4.90 Å². The number of benzene rings is 2. The van der Waals surface area contributed by atoms with Crippen LogP contribution in [0.2, 0.25) is 0 Å². The van der Waals surface area contributed by atoms with Gasteiger partial charge in [-0.2, -0.15) is 0 Å². The molecule has 0 fully saturated rings. The molecule has 2 aromatic carbocycles. The minimum absolute atomic E-state index is 0.0283. The summed E-state index contributed by atoms with van der Waals surface area (Å²) in [6.45, 7) is 0. The van der Waals surface area contributed by atoms with Gasteiger partial charge in [0.15, 0.2) is 23.3 Å². The van der Waals surface area contributed by atoms with Gasteiger partial charge in [0.05, 0.1) is 5.75 Å². The van der Waals surface area contributed by atoms with Gasteiger partial charge in [-0.1, -0.05) is 6.07 Å². The number of halogens is 4. The Hall–Kier alpha value is -3.34. The van der Waals surface area contributed by atoms with Crippen LogP contribution in [0.25, 0.3) is 0 Å². The molecule has 0 aliphatic heterocycles. The van der Waals surface area contributed by atoms with Gasteiger partial charge in [0.1, 0.15) is 5.69 Å². The zero-order valence-corrected chi connectivity index (χ0v) is 15.2. The molecule has 2 rings (SSSR count). The summed E-state index contributed by atoms with van der Waals surface area (Å²) in [5.41, 5.74) is -0.918. The largest absolute Gasteiger partial charge is 0.478 e. The number of amides is 2. The second-order valence-corrected chi connectivity index (χ2v) is 6.42. The summed E-state index contributed by atoms with van der Waals surface area (Å²) in [6.07, 6.45) is 1.47. The molecule has 6 nitrogen and oxygen atoms in total. The molecule has 11 heteroatoms. The Labute approximate surface area is 165 Å². The summed E-state index contributed by atoms with van der Waals surface area (Å²) in [5.74, 6) is -9.99. The van der Waals surface area contributed by atoms with Gasteiger partial charge in [-0.25, -0.2) is 22.4 Å². The molecule has 0 aliphatic carbocycles. The number of hydrogen-bond acceptors (Lipinski definition) is 4. The SMILES string of the molecule is O=C(O)/C=C/C(=O)Nc1cccc(SCC(=O)Nc2c(F)c(F)cc(F)c2F)c1. The Bertz CT molecular complexity index is 972. The minimum Gasteiger partial charge on any atom is -0.478 e. The molecule has 152 valence electrons. The highest BCUT2D eigenvalue weighted by Crippen LogP contribution is 2.26. The van der Waals surface area contributed by atoms with E-state index in [2.05, 4.69) is 5.32 Å².